The standard InChI is InChI=1S/C26H38N4O3S/c1-16-21(34-15-28-16)18-10-8-17(9-11-18)13-27-23(32)20-12-19(31)14-30(20)24(33)22(25(2,3)4)29-26(5,6)7/h8-11,15,19-20,22,29,31H,12-14H2,1-7H3,(H,27,32)/t19-,20-,22+/m1/s1. The van der Waals surface area contributed by atoms with Gasteiger partial charge in [-0.1, -0.05) is 45.0 Å². The van der Waals surface area contributed by atoms with Crippen LogP contribution in [0.3, 0.4) is 0 Å². The lowest BCUT2D eigenvalue weighted by Crippen LogP contribution is -2.60. The number of amides is 2. The molecule has 1 aliphatic heterocycles. The maximum absolute atomic E-state index is 13.6. The predicted octanol–water partition coefficient (Wildman–Crippen LogP) is 3.50. The number of β-amino-alcohol motifs (C(OH)–C–C–N with tert-alkyl or cyclic N) is 1. The summed E-state index contributed by atoms with van der Waals surface area (Å²) < 4.78 is 0. The van der Waals surface area contributed by atoms with Gasteiger partial charge in [-0.15, -0.1) is 11.3 Å². The molecule has 2 amide bonds. The van der Waals surface area contributed by atoms with Crippen molar-refractivity contribution >= 4 is 23.2 Å². The van der Waals surface area contributed by atoms with E-state index >= 15 is 0 Å². The van der Waals surface area contributed by atoms with Crippen LogP contribution in [0, 0.1) is 12.3 Å². The number of aliphatic hydroxyl groups excluding tert-OH is 1. The van der Waals surface area contributed by atoms with Gasteiger partial charge in [0.15, 0.2) is 0 Å². The molecule has 186 valence electrons. The smallest absolute Gasteiger partial charge is 0.243 e. The SMILES string of the molecule is Cc1ncsc1-c1ccc(CNC(=O)[C@H]2C[C@@H](O)CN2C(=O)[C@H](NC(C)(C)C)C(C)(C)C)cc1. The zero-order valence-corrected chi connectivity index (χ0v) is 22.1. The van der Waals surface area contributed by atoms with E-state index in [0.29, 0.717) is 6.54 Å². The zero-order valence-electron chi connectivity index (χ0n) is 21.3. The molecule has 3 N–H and O–H groups in total. The average Bonchev–Trinajstić information content (AvgIpc) is 3.34. The Bertz CT molecular complexity index is 1000. The van der Waals surface area contributed by atoms with Gasteiger partial charge >= 0.3 is 0 Å². The van der Waals surface area contributed by atoms with Crippen molar-refractivity contribution in [3.63, 3.8) is 0 Å². The molecular weight excluding hydrogens is 448 g/mol. The first-order valence-electron chi connectivity index (χ1n) is 11.8. The Kier molecular flexibility index (Phi) is 7.85. The second kappa shape index (κ2) is 10.1. The van der Waals surface area contributed by atoms with E-state index in [-0.39, 0.29) is 35.7 Å². The minimum atomic E-state index is -0.711. The van der Waals surface area contributed by atoms with E-state index in [9.17, 15) is 14.7 Å². The van der Waals surface area contributed by atoms with Crippen LogP contribution in [0.4, 0.5) is 0 Å². The number of hydrogen-bond donors (Lipinski definition) is 3. The van der Waals surface area contributed by atoms with Gasteiger partial charge in [0.1, 0.15) is 6.04 Å². The summed E-state index contributed by atoms with van der Waals surface area (Å²) in [6.45, 7) is 14.6. The molecule has 0 unspecified atom stereocenters. The summed E-state index contributed by atoms with van der Waals surface area (Å²) in [5, 5.41) is 16.7. The van der Waals surface area contributed by atoms with Crippen molar-refractivity contribution in [3.05, 3.63) is 41.0 Å². The Balaban J connectivity index is 1.68. The fraction of sp³-hybridized carbons (Fsp3) is 0.577. The van der Waals surface area contributed by atoms with Crippen molar-refractivity contribution in [1.29, 1.82) is 0 Å². The molecule has 1 saturated heterocycles. The summed E-state index contributed by atoms with van der Waals surface area (Å²) in [6.07, 6.45) is -0.468. The summed E-state index contributed by atoms with van der Waals surface area (Å²) in [7, 11) is 0. The van der Waals surface area contributed by atoms with Crippen molar-refractivity contribution in [2.75, 3.05) is 6.54 Å². The molecule has 0 saturated carbocycles. The molecule has 8 heteroatoms. The first-order chi connectivity index (χ1) is 15.8. The third-order valence-electron chi connectivity index (χ3n) is 5.98. The van der Waals surface area contributed by atoms with Crippen LogP contribution in [0.15, 0.2) is 29.8 Å². The van der Waals surface area contributed by atoms with Gasteiger partial charge in [0.05, 0.1) is 28.2 Å². The monoisotopic (exact) mass is 486 g/mol. The van der Waals surface area contributed by atoms with Gasteiger partial charge in [-0.25, -0.2) is 4.98 Å². The summed E-state index contributed by atoms with van der Waals surface area (Å²) in [6, 6.07) is 6.88. The lowest BCUT2D eigenvalue weighted by molar-refractivity contribution is -0.142. The van der Waals surface area contributed by atoms with E-state index in [4.69, 9.17) is 0 Å². The molecule has 1 fully saturated rings. The highest BCUT2D eigenvalue weighted by molar-refractivity contribution is 7.13. The summed E-state index contributed by atoms with van der Waals surface area (Å²) >= 11 is 1.61. The maximum Gasteiger partial charge on any atom is 0.243 e. The Morgan fingerprint density at radius 2 is 1.82 bits per heavy atom. The molecule has 1 aromatic heterocycles. The number of carbonyl (C=O) groups is 2. The second-order valence-electron chi connectivity index (χ2n) is 11.3. The van der Waals surface area contributed by atoms with E-state index in [1.807, 2.05) is 78.2 Å². The van der Waals surface area contributed by atoms with Crippen LogP contribution in [-0.4, -0.2) is 57.1 Å². The highest BCUT2D eigenvalue weighted by Crippen LogP contribution is 2.29. The third-order valence-corrected chi connectivity index (χ3v) is 6.96. The van der Waals surface area contributed by atoms with Crippen LogP contribution in [0.5, 0.6) is 0 Å². The number of carbonyl (C=O) groups excluding carboxylic acids is 2. The van der Waals surface area contributed by atoms with Crippen molar-refractivity contribution in [2.45, 2.75) is 85.2 Å². The summed E-state index contributed by atoms with van der Waals surface area (Å²) in [5.41, 5.74) is 4.29. The normalized spacial score (nSPS) is 19.8. The maximum atomic E-state index is 13.6. The molecule has 2 heterocycles. The Labute approximate surface area is 207 Å². The molecule has 34 heavy (non-hydrogen) atoms. The van der Waals surface area contributed by atoms with E-state index in [1.54, 1.807) is 16.2 Å². The van der Waals surface area contributed by atoms with Crippen molar-refractivity contribution in [2.24, 2.45) is 5.41 Å². The quantitative estimate of drug-likeness (QED) is 0.581. The molecular formula is C26H38N4O3S. The van der Waals surface area contributed by atoms with Crippen LogP contribution >= 0.6 is 11.3 Å². The molecule has 0 bridgehead atoms. The number of nitrogens with one attached hydrogen (secondary N) is 2. The Hall–Kier alpha value is -2.29. The van der Waals surface area contributed by atoms with Crippen LogP contribution in [-0.2, 0) is 16.1 Å². The Morgan fingerprint density at radius 3 is 2.35 bits per heavy atom. The summed E-state index contributed by atoms with van der Waals surface area (Å²) in [4.78, 5) is 33.6. The summed E-state index contributed by atoms with van der Waals surface area (Å²) in [5.74, 6) is -0.390. The Morgan fingerprint density at radius 1 is 1.18 bits per heavy atom. The van der Waals surface area contributed by atoms with Gasteiger partial charge in [-0.2, -0.15) is 0 Å². The minimum Gasteiger partial charge on any atom is -0.391 e. The third kappa shape index (κ3) is 6.43. The van der Waals surface area contributed by atoms with E-state index < -0.39 is 18.2 Å². The fourth-order valence-electron chi connectivity index (χ4n) is 4.21. The molecule has 1 aliphatic rings. The highest BCUT2D eigenvalue weighted by atomic mass is 32.1. The van der Waals surface area contributed by atoms with E-state index in [0.717, 1.165) is 21.7 Å². The molecule has 7 nitrogen and oxygen atoms in total. The molecule has 0 spiro atoms. The van der Waals surface area contributed by atoms with Crippen molar-refractivity contribution in [3.8, 4) is 10.4 Å². The predicted molar refractivity (Wildman–Crippen MR) is 136 cm³/mol. The van der Waals surface area contributed by atoms with Crippen molar-refractivity contribution in [1.82, 2.24) is 20.5 Å². The number of nitrogens with zero attached hydrogens (tertiary/aromatic N) is 2. The van der Waals surface area contributed by atoms with Gasteiger partial charge in [-0.05, 0) is 44.2 Å². The van der Waals surface area contributed by atoms with E-state index in [1.165, 1.54) is 0 Å². The number of benzene rings is 1. The first kappa shape index (κ1) is 26.3. The van der Waals surface area contributed by atoms with Crippen LogP contribution in [0.2, 0.25) is 0 Å². The second-order valence-corrected chi connectivity index (χ2v) is 12.1. The largest absolute Gasteiger partial charge is 0.391 e. The topological polar surface area (TPSA) is 94.6 Å². The molecule has 0 radical (unpaired) electrons. The van der Waals surface area contributed by atoms with Crippen LogP contribution < -0.4 is 10.6 Å². The van der Waals surface area contributed by atoms with Crippen molar-refractivity contribution < 1.29 is 14.7 Å². The minimum absolute atomic E-state index is 0.150. The highest BCUT2D eigenvalue weighted by Gasteiger charge is 2.44. The fourth-order valence-corrected chi connectivity index (χ4v) is 5.02. The molecule has 3 atom stereocenters. The van der Waals surface area contributed by atoms with E-state index in [2.05, 4.69) is 15.6 Å². The van der Waals surface area contributed by atoms with Crippen LogP contribution in [0.1, 0.15) is 59.2 Å². The number of aromatic nitrogens is 1. The molecule has 1 aromatic carbocycles. The zero-order chi connectivity index (χ0) is 25.3. The van der Waals surface area contributed by atoms with Gasteiger partial charge in [0.25, 0.3) is 0 Å². The van der Waals surface area contributed by atoms with Gasteiger partial charge in [-0.3, -0.25) is 9.59 Å². The van der Waals surface area contributed by atoms with Gasteiger partial charge in [0.2, 0.25) is 11.8 Å². The lowest BCUT2D eigenvalue weighted by Gasteiger charge is -2.39. The molecule has 0 aliphatic carbocycles. The number of aryl methyl sites for hydroxylation is 1. The van der Waals surface area contributed by atoms with Gasteiger partial charge < -0.3 is 20.6 Å². The number of thiazole rings is 1. The number of hydrogen-bond acceptors (Lipinski definition) is 6. The van der Waals surface area contributed by atoms with Crippen LogP contribution in [0.25, 0.3) is 10.4 Å². The first-order valence-corrected chi connectivity index (χ1v) is 12.7. The van der Waals surface area contributed by atoms with Gasteiger partial charge in [0, 0.05) is 25.0 Å². The number of likely N-dealkylation sites (tertiary alicyclic amines) is 1. The average molecular weight is 487 g/mol. The molecule has 3 rings (SSSR count). The number of aliphatic hydroxyl groups is 1. The molecule has 2 aromatic rings. The lowest BCUT2D eigenvalue weighted by atomic mass is 9.84. The number of rotatable bonds is 6.